The number of unbranched alkanes of at least 4 members (excludes halogenated alkanes) is 33. The van der Waals surface area contributed by atoms with Gasteiger partial charge in [-0.3, -0.25) is 4.79 Å². The summed E-state index contributed by atoms with van der Waals surface area (Å²) >= 11 is 0. The molecule has 3 N–H and O–H groups in total. The van der Waals surface area contributed by atoms with Crippen LogP contribution in [-0.4, -0.2) is 34.9 Å². The van der Waals surface area contributed by atoms with Gasteiger partial charge in [0.15, 0.2) is 0 Å². The molecule has 0 saturated heterocycles. The molecule has 0 aromatic rings. The first-order valence-electron chi connectivity index (χ1n) is 28.8. The van der Waals surface area contributed by atoms with Crippen LogP contribution in [-0.2, 0) is 4.79 Å². The highest BCUT2D eigenvalue weighted by Gasteiger charge is 2.18. The molecule has 0 aromatic heterocycles. The fraction of sp³-hybridized carbons (Fsp3) is 0.758. The number of rotatable bonds is 52. The van der Waals surface area contributed by atoms with Gasteiger partial charge in [-0.05, 0) is 77.0 Å². The highest BCUT2D eigenvalue weighted by molar-refractivity contribution is 5.76. The van der Waals surface area contributed by atoms with Crippen LogP contribution in [0.15, 0.2) is 85.1 Å². The monoisotopic (exact) mass is 918 g/mol. The summed E-state index contributed by atoms with van der Waals surface area (Å²) in [7, 11) is 0. The SMILES string of the molecule is CC/C=C\C/C=C\C/C=C\C/C=C\C/C=C\CCCCCCCCCCCCCCCCCCCCCC(=O)NC(CO)C(O)/C=C/CC/C=C/CCCCCCCCCCCCCCC. The van der Waals surface area contributed by atoms with E-state index < -0.39 is 12.1 Å². The van der Waals surface area contributed by atoms with E-state index in [9.17, 15) is 15.0 Å². The molecule has 2 unspecified atom stereocenters. The summed E-state index contributed by atoms with van der Waals surface area (Å²) in [6.45, 7) is 4.20. The molecule has 0 rings (SSSR count). The number of amides is 1. The Hall–Kier alpha value is -2.43. The maximum atomic E-state index is 12.5. The minimum Gasteiger partial charge on any atom is -0.394 e. The lowest BCUT2D eigenvalue weighted by Gasteiger charge is -2.19. The molecule has 0 spiro atoms. The third-order valence-electron chi connectivity index (χ3n) is 12.9. The Morgan fingerprint density at radius 2 is 0.682 bits per heavy atom. The van der Waals surface area contributed by atoms with Crippen molar-refractivity contribution < 1.29 is 15.0 Å². The van der Waals surface area contributed by atoms with E-state index in [0.29, 0.717) is 6.42 Å². The van der Waals surface area contributed by atoms with Crippen molar-refractivity contribution >= 4 is 5.91 Å². The van der Waals surface area contributed by atoms with Crippen molar-refractivity contribution in [1.29, 1.82) is 0 Å². The molecule has 0 aliphatic heterocycles. The molecule has 0 aliphatic rings. The molecule has 66 heavy (non-hydrogen) atoms. The fourth-order valence-electron chi connectivity index (χ4n) is 8.52. The van der Waals surface area contributed by atoms with Crippen LogP contribution in [0, 0.1) is 0 Å². The van der Waals surface area contributed by atoms with Crippen LogP contribution in [0.3, 0.4) is 0 Å². The first-order chi connectivity index (χ1) is 32.7. The Morgan fingerprint density at radius 1 is 0.379 bits per heavy atom. The van der Waals surface area contributed by atoms with E-state index >= 15 is 0 Å². The van der Waals surface area contributed by atoms with Crippen molar-refractivity contribution in [3.63, 3.8) is 0 Å². The summed E-state index contributed by atoms with van der Waals surface area (Å²) in [4.78, 5) is 12.5. The average molecular weight is 919 g/mol. The molecule has 0 heterocycles. The van der Waals surface area contributed by atoms with Gasteiger partial charge in [-0.25, -0.2) is 0 Å². The average Bonchev–Trinajstić information content (AvgIpc) is 3.32. The van der Waals surface area contributed by atoms with E-state index in [1.54, 1.807) is 6.08 Å². The first-order valence-corrected chi connectivity index (χ1v) is 28.8. The second-order valence-corrected chi connectivity index (χ2v) is 19.3. The van der Waals surface area contributed by atoms with Crippen molar-refractivity contribution in [1.82, 2.24) is 5.32 Å². The van der Waals surface area contributed by atoms with E-state index in [1.165, 1.54) is 199 Å². The van der Waals surface area contributed by atoms with Crippen molar-refractivity contribution in [2.24, 2.45) is 0 Å². The molecule has 4 nitrogen and oxygen atoms in total. The molecule has 0 radical (unpaired) electrons. The lowest BCUT2D eigenvalue weighted by atomic mass is 10.0. The van der Waals surface area contributed by atoms with Crippen molar-refractivity contribution in [3.8, 4) is 0 Å². The molecule has 0 saturated carbocycles. The van der Waals surface area contributed by atoms with E-state index in [1.807, 2.05) is 6.08 Å². The largest absolute Gasteiger partial charge is 0.394 e. The van der Waals surface area contributed by atoms with Crippen molar-refractivity contribution in [2.45, 2.75) is 296 Å². The van der Waals surface area contributed by atoms with Gasteiger partial charge in [0.2, 0.25) is 5.91 Å². The topological polar surface area (TPSA) is 69.6 Å². The van der Waals surface area contributed by atoms with E-state index in [4.69, 9.17) is 0 Å². The van der Waals surface area contributed by atoms with Crippen LogP contribution < -0.4 is 5.32 Å². The summed E-state index contributed by atoms with van der Waals surface area (Å²) in [5.41, 5.74) is 0. The molecular formula is C62H111NO3. The number of aliphatic hydroxyl groups is 2. The standard InChI is InChI=1S/C62H111NO3/c1-3-5-7-9-11-13-15-17-19-21-23-24-25-26-27-28-29-30-31-32-33-34-35-36-37-38-40-42-44-46-48-50-52-54-56-58-62(66)63-60(59-64)61(65)57-55-53-51-49-47-45-43-41-39-22-20-18-16-14-12-10-8-6-4-2/h5,7,11,13,17,19,23-24,26-27,47,49,55,57,60-61,64-65H,3-4,6,8-10,12,14-16,18,20-22,25,28-46,48,50-54,56,58-59H2,1-2H3,(H,63,66)/b7-5-,13-11-,19-17-,24-23-,27-26-,49-47+,57-55+. The second kappa shape index (κ2) is 56.9. The Kier molecular flexibility index (Phi) is 54.8. The van der Waals surface area contributed by atoms with E-state index in [2.05, 4.69) is 92.1 Å². The summed E-state index contributed by atoms with van der Waals surface area (Å²) in [5.74, 6) is -0.0722. The van der Waals surface area contributed by atoms with Crippen molar-refractivity contribution in [3.05, 3.63) is 85.1 Å². The molecule has 1 amide bonds. The first kappa shape index (κ1) is 63.6. The van der Waals surface area contributed by atoms with Crippen LogP contribution >= 0.6 is 0 Å². The third kappa shape index (κ3) is 52.5. The second-order valence-electron chi connectivity index (χ2n) is 19.3. The van der Waals surface area contributed by atoms with Gasteiger partial charge < -0.3 is 15.5 Å². The molecular weight excluding hydrogens is 807 g/mol. The summed E-state index contributed by atoms with van der Waals surface area (Å²) in [6.07, 6.45) is 83.2. The highest BCUT2D eigenvalue weighted by atomic mass is 16.3. The summed E-state index contributed by atoms with van der Waals surface area (Å²) in [6, 6.07) is -0.642. The molecule has 0 fully saturated rings. The minimum absolute atomic E-state index is 0.0722. The zero-order valence-electron chi connectivity index (χ0n) is 43.9. The van der Waals surface area contributed by atoms with Gasteiger partial charge >= 0.3 is 0 Å². The quantitative estimate of drug-likeness (QED) is 0.0421. The number of hydrogen-bond acceptors (Lipinski definition) is 3. The molecule has 382 valence electrons. The Bertz CT molecular complexity index is 1180. The Morgan fingerprint density at radius 3 is 1.06 bits per heavy atom. The number of carbonyl (C=O) groups excluding carboxylic acids is 1. The molecule has 2 atom stereocenters. The van der Waals surface area contributed by atoms with Gasteiger partial charge in [-0.1, -0.05) is 285 Å². The van der Waals surface area contributed by atoms with Crippen LogP contribution in [0.4, 0.5) is 0 Å². The van der Waals surface area contributed by atoms with Crippen molar-refractivity contribution in [2.75, 3.05) is 6.61 Å². The number of nitrogens with one attached hydrogen (secondary N) is 1. The molecule has 0 aliphatic carbocycles. The predicted octanol–water partition coefficient (Wildman–Crippen LogP) is 19.1. The minimum atomic E-state index is -0.865. The van der Waals surface area contributed by atoms with Gasteiger partial charge in [-0.15, -0.1) is 0 Å². The van der Waals surface area contributed by atoms with Gasteiger partial charge in [0.05, 0.1) is 18.8 Å². The Balaban J connectivity index is 3.50. The maximum Gasteiger partial charge on any atom is 0.220 e. The maximum absolute atomic E-state index is 12.5. The summed E-state index contributed by atoms with van der Waals surface area (Å²) in [5, 5.41) is 23.1. The zero-order chi connectivity index (χ0) is 47.7. The lowest BCUT2D eigenvalue weighted by molar-refractivity contribution is -0.123. The third-order valence-corrected chi connectivity index (χ3v) is 12.9. The van der Waals surface area contributed by atoms with Crippen LogP contribution in [0.1, 0.15) is 284 Å². The zero-order valence-corrected chi connectivity index (χ0v) is 43.9. The van der Waals surface area contributed by atoms with Gasteiger partial charge in [0.1, 0.15) is 0 Å². The van der Waals surface area contributed by atoms with Gasteiger partial charge in [0, 0.05) is 6.42 Å². The van der Waals surface area contributed by atoms with Gasteiger partial charge in [0.25, 0.3) is 0 Å². The molecule has 0 aromatic carbocycles. The summed E-state index contributed by atoms with van der Waals surface area (Å²) < 4.78 is 0. The van der Waals surface area contributed by atoms with Crippen LogP contribution in [0.25, 0.3) is 0 Å². The Labute approximate surface area is 411 Å². The molecule has 0 bridgehead atoms. The number of allylic oxidation sites excluding steroid dienone is 13. The lowest BCUT2D eigenvalue weighted by Crippen LogP contribution is -2.45. The normalized spacial score (nSPS) is 13.5. The van der Waals surface area contributed by atoms with E-state index in [0.717, 1.165) is 64.2 Å². The van der Waals surface area contributed by atoms with Crippen LogP contribution in [0.2, 0.25) is 0 Å². The smallest absolute Gasteiger partial charge is 0.220 e. The van der Waals surface area contributed by atoms with Gasteiger partial charge in [-0.2, -0.15) is 0 Å². The number of carbonyl (C=O) groups is 1. The fourth-order valence-corrected chi connectivity index (χ4v) is 8.52. The predicted molar refractivity (Wildman–Crippen MR) is 294 cm³/mol. The van der Waals surface area contributed by atoms with E-state index in [-0.39, 0.29) is 12.5 Å². The number of hydrogen-bond donors (Lipinski definition) is 3. The molecule has 4 heteroatoms. The number of aliphatic hydroxyl groups excluding tert-OH is 2. The van der Waals surface area contributed by atoms with Crippen LogP contribution in [0.5, 0.6) is 0 Å². The highest BCUT2D eigenvalue weighted by Crippen LogP contribution is 2.16.